The first-order valence-corrected chi connectivity index (χ1v) is 9.05. The van der Waals surface area contributed by atoms with Crippen LogP contribution < -0.4 is 0 Å². The van der Waals surface area contributed by atoms with E-state index in [1.807, 2.05) is 19.2 Å². The van der Waals surface area contributed by atoms with Crippen molar-refractivity contribution in [2.75, 3.05) is 19.6 Å². The molecule has 2 fully saturated rings. The Morgan fingerprint density at radius 2 is 2.04 bits per heavy atom. The molecule has 2 saturated heterocycles. The molecule has 2 aromatic rings. The first kappa shape index (κ1) is 15.6. The summed E-state index contributed by atoms with van der Waals surface area (Å²) in [6.07, 6.45) is 8.23. The Morgan fingerprint density at radius 1 is 1.25 bits per heavy atom. The van der Waals surface area contributed by atoms with Crippen molar-refractivity contribution in [3.8, 4) is 0 Å². The number of hydrogen-bond acceptors (Lipinski definition) is 4. The molecule has 128 valence electrons. The second kappa shape index (κ2) is 6.16. The molecule has 0 N–H and O–H groups in total. The van der Waals surface area contributed by atoms with Gasteiger partial charge in [-0.1, -0.05) is 6.92 Å². The standard InChI is InChI=1S/C18H25N5O/c1-3-21-10-4-7-14(21)15-8-5-11-22(15)18(24)16-13(2)20-23-12-6-9-19-17(16)23/h6,9,12,14-15H,3-5,7-8,10-11H2,1-2H3/t14-,15+/m0/s1. The van der Waals surface area contributed by atoms with E-state index >= 15 is 0 Å². The van der Waals surface area contributed by atoms with Gasteiger partial charge in [0.1, 0.15) is 5.56 Å². The minimum atomic E-state index is 0.103. The minimum Gasteiger partial charge on any atom is -0.334 e. The van der Waals surface area contributed by atoms with E-state index in [4.69, 9.17) is 0 Å². The number of carbonyl (C=O) groups excluding carboxylic acids is 1. The fourth-order valence-electron chi connectivity index (χ4n) is 4.52. The van der Waals surface area contributed by atoms with Crippen LogP contribution in [0.4, 0.5) is 0 Å². The summed E-state index contributed by atoms with van der Waals surface area (Å²) >= 11 is 0. The zero-order chi connectivity index (χ0) is 16.7. The van der Waals surface area contributed by atoms with Crippen LogP contribution in [0.15, 0.2) is 18.5 Å². The number of likely N-dealkylation sites (tertiary alicyclic amines) is 2. The molecule has 2 aliphatic heterocycles. The largest absolute Gasteiger partial charge is 0.334 e. The smallest absolute Gasteiger partial charge is 0.259 e. The number of carbonyl (C=O) groups is 1. The van der Waals surface area contributed by atoms with Gasteiger partial charge in [0, 0.05) is 31.0 Å². The van der Waals surface area contributed by atoms with Crippen molar-refractivity contribution in [1.82, 2.24) is 24.4 Å². The maximum absolute atomic E-state index is 13.3. The quantitative estimate of drug-likeness (QED) is 0.866. The number of amides is 1. The normalized spacial score (nSPS) is 25.0. The highest BCUT2D eigenvalue weighted by molar-refractivity contribution is 6.01. The molecule has 0 saturated carbocycles. The van der Waals surface area contributed by atoms with Gasteiger partial charge in [-0.15, -0.1) is 0 Å². The number of aromatic nitrogens is 3. The van der Waals surface area contributed by atoms with Crippen molar-refractivity contribution < 1.29 is 4.79 Å². The molecule has 0 aromatic carbocycles. The lowest BCUT2D eigenvalue weighted by Gasteiger charge is -2.34. The molecule has 6 nitrogen and oxygen atoms in total. The lowest BCUT2D eigenvalue weighted by atomic mass is 10.0. The summed E-state index contributed by atoms with van der Waals surface area (Å²) in [6.45, 7) is 7.21. The topological polar surface area (TPSA) is 53.7 Å². The maximum Gasteiger partial charge on any atom is 0.259 e. The molecule has 6 heteroatoms. The van der Waals surface area contributed by atoms with E-state index in [2.05, 4.69) is 26.8 Å². The molecule has 0 bridgehead atoms. The Bertz CT molecular complexity index is 755. The van der Waals surface area contributed by atoms with Crippen LogP contribution in [0.25, 0.3) is 5.65 Å². The molecule has 2 aromatic heterocycles. The van der Waals surface area contributed by atoms with Gasteiger partial charge >= 0.3 is 0 Å². The van der Waals surface area contributed by atoms with Crippen LogP contribution in [0.1, 0.15) is 48.7 Å². The Balaban J connectivity index is 1.66. The first-order valence-electron chi connectivity index (χ1n) is 9.05. The lowest BCUT2D eigenvalue weighted by Crippen LogP contribution is -2.48. The van der Waals surface area contributed by atoms with Gasteiger partial charge in [0.05, 0.1) is 5.69 Å². The van der Waals surface area contributed by atoms with Crippen molar-refractivity contribution >= 4 is 11.6 Å². The van der Waals surface area contributed by atoms with Crippen LogP contribution in [-0.2, 0) is 0 Å². The number of nitrogens with zero attached hydrogens (tertiary/aromatic N) is 5. The second-order valence-electron chi connectivity index (χ2n) is 6.89. The number of rotatable bonds is 3. The van der Waals surface area contributed by atoms with Crippen molar-refractivity contribution in [1.29, 1.82) is 0 Å². The molecule has 0 aliphatic carbocycles. The number of fused-ring (bicyclic) bond motifs is 1. The summed E-state index contributed by atoms with van der Waals surface area (Å²) in [4.78, 5) is 22.3. The molecule has 4 rings (SSSR count). The average Bonchev–Trinajstić information content (AvgIpc) is 3.30. The summed E-state index contributed by atoms with van der Waals surface area (Å²) in [5, 5.41) is 4.46. The predicted octanol–water partition coefficient (Wildman–Crippen LogP) is 2.13. The van der Waals surface area contributed by atoms with Crippen molar-refractivity contribution in [3.63, 3.8) is 0 Å². The van der Waals surface area contributed by atoms with Crippen LogP contribution in [0.2, 0.25) is 0 Å². The zero-order valence-corrected chi connectivity index (χ0v) is 14.5. The zero-order valence-electron chi connectivity index (χ0n) is 14.5. The Morgan fingerprint density at radius 3 is 2.88 bits per heavy atom. The van der Waals surface area contributed by atoms with E-state index in [-0.39, 0.29) is 5.91 Å². The summed E-state index contributed by atoms with van der Waals surface area (Å²) < 4.78 is 1.71. The van der Waals surface area contributed by atoms with Crippen LogP contribution in [0, 0.1) is 6.92 Å². The van der Waals surface area contributed by atoms with E-state index < -0.39 is 0 Å². The van der Waals surface area contributed by atoms with E-state index in [0.717, 1.165) is 38.2 Å². The van der Waals surface area contributed by atoms with Crippen LogP contribution in [0.3, 0.4) is 0 Å². The fourth-order valence-corrected chi connectivity index (χ4v) is 4.52. The van der Waals surface area contributed by atoms with E-state index in [1.54, 1.807) is 10.7 Å². The second-order valence-corrected chi connectivity index (χ2v) is 6.89. The number of hydrogen-bond donors (Lipinski definition) is 0. The predicted molar refractivity (Wildman–Crippen MR) is 92.1 cm³/mol. The first-order chi connectivity index (χ1) is 11.7. The maximum atomic E-state index is 13.3. The van der Waals surface area contributed by atoms with Gasteiger partial charge in [-0.05, 0) is 51.8 Å². The Hall–Kier alpha value is -1.95. The molecular weight excluding hydrogens is 302 g/mol. The molecular formula is C18H25N5O. The summed E-state index contributed by atoms with van der Waals surface area (Å²) in [5.41, 5.74) is 2.11. The molecule has 4 heterocycles. The molecule has 0 radical (unpaired) electrons. The van der Waals surface area contributed by atoms with Crippen molar-refractivity contribution in [2.45, 2.75) is 51.6 Å². The van der Waals surface area contributed by atoms with Gasteiger partial charge in [-0.3, -0.25) is 9.69 Å². The Kier molecular flexibility index (Phi) is 4.00. The minimum absolute atomic E-state index is 0.103. The van der Waals surface area contributed by atoms with E-state index in [1.165, 1.54) is 12.8 Å². The van der Waals surface area contributed by atoms with Gasteiger partial charge in [-0.25, -0.2) is 9.50 Å². The lowest BCUT2D eigenvalue weighted by molar-refractivity contribution is 0.0651. The van der Waals surface area contributed by atoms with Gasteiger partial charge < -0.3 is 4.90 Å². The molecule has 24 heavy (non-hydrogen) atoms. The van der Waals surface area contributed by atoms with Gasteiger partial charge in [0.2, 0.25) is 0 Å². The molecule has 2 atom stereocenters. The third kappa shape index (κ3) is 2.40. The third-order valence-electron chi connectivity index (χ3n) is 5.61. The molecule has 1 amide bonds. The highest BCUT2D eigenvalue weighted by Crippen LogP contribution is 2.31. The molecule has 0 unspecified atom stereocenters. The number of aryl methyl sites for hydroxylation is 1. The summed E-state index contributed by atoms with van der Waals surface area (Å²) in [7, 11) is 0. The summed E-state index contributed by atoms with van der Waals surface area (Å²) in [6, 6.07) is 2.68. The average molecular weight is 327 g/mol. The highest BCUT2D eigenvalue weighted by Gasteiger charge is 2.40. The third-order valence-corrected chi connectivity index (χ3v) is 5.61. The van der Waals surface area contributed by atoms with Crippen LogP contribution in [-0.4, -0.2) is 62.0 Å². The van der Waals surface area contributed by atoms with Crippen molar-refractivity contribution in [2.24, 2.45) is 0 Å². The van der Waals surface area contributed by atoms with Crippen LogP contribution >= 0.6 is 0 Å². The van der Waals surface area contributed by atoms with Crippen molar-refractivity contribution in [3.05, 3.63) is 29.7 Å². The van der Waals surface area contributed by atoms with Gasteiger partial charge in [0.25, 0.3) is 5.91 Å². The Labute approximate surface area is 142 Å². The monoisotopic (exact) mass is 327 g/mol. The van der Waals surface area contributed by atoms with Crippen LogP contribution in [0.5, 0.6) is 0 Å². The fraction of sp³-hybridized carbons (Fsp3) is 0.611. The van der Waals surface area contributed by atoms with Gasteiger partial charge in [0.15, 0.2) is 5.65 Å². The van der Waals surface area contributed by atoms with E-state index in [9.17, 15) is 4.79 Å². The molecule has 2 aliphatic rings. The number of likely N-dealkylation sites (N-methyl/N-ethyl adjacent to an activating group) is 1. The SMILES string of the molecule is CCN1CCC[C@H]1[C@H]1CCCN1C(=O)c1c(C)nn2cccnc12. The summed E-state index contributed by atoms with van der Waals surface area (Å²) in [5.74, 6) is 0.103. The van der Waals surface area contributed by atoms with Gasteiger partial charge in [-0.2, -0.15) is 5.10 Å². The molecule has 0 spiro atoms. The highest BCUT2D eigenvalue weighted by atomic mass is 16.2. The van der Waals surface area contributed by atoms with E-state index in [0.29, 0.717) is 23.3 Å².